The molecule has 0 aromatic heterocycles. The molecule has 0 saturated heterocycles. The lowest BCUT2D eigenvalue weighted by atomic mass is 9.48. The average molecular weight is 408 g/mol. The smallest absolute Gasteiger partial charge is 0.393 e. The Labute approximate surface area is 160 Å². The first-order valence-corrected chi connectivity index (χ1v) is 10.1. The van der Waals surface area contributed by atoms with Gasteiger partial charge in [0.25, 0.3) is 0 Å². The van der Waals surface area contributed by atoms with Crippen molar-refractivity contribution < 1.29 is 36.6 Å². The fraction of sp³-hybridized carbons (Fsp3) is 0.900. The molecule has 0 aliphatic heterocycles. The highest BCUT2D eigenvalue weighted by atomic mass is 19.4. The first-order chi connectivity index (χ1) is 12.9. The minimum atomic E-state index is -5.58. The van der Waals surface area contributed by atoms with E-state index >= 15 is 0 Å². The van der Waals surface area contributed by atoms with E-state index in [1.54, 1.807) is 0 Å². The zero-order chi connectivity index (χ0) is 20.6. The summed E-state index contributed by atoms with van der Waals surface area (Å²) in [5.41, 5.74) is -1.19. The topological polar surface area (TPSA) is 54.4 Å². The second-order valence-corrected chi connectivity index (χ2v) is 9.54. The van der Waals surface area contributed by atoms with Crippen molar-refractivity contribution in [3.05, 3.63) is 0 Å². The number of aliphatic hydroxyl groups excluding tert-OH is 1. The number of halogens is 5. The summed E-state index contributed by atoms with van der Waals surface area (Å²) in [6.45, 7) is 1.53. The van der Waals surface area contributed by atoms with Gasteiger partial charge < -0.3 is 5.11 Å². The summed E-state index contributed by atoms with van der Waals surface area (Å²) >= 11 is 0. The molecule has 0 aromatic carbocycles. The van der Waals surface area contributed by atoms with Crippen LogP contribution in [0.2, 0.25) is 0 Å². The van der Waals surface area contributed by atoms with Gasteiger partial charge in [0.15, 0.2) is 5.78 Å². The zero-order valence-electron chi connectivity index (χ0n) is 15.6. The molecule has 0 amide bonds. The molecule has 158 valence electrons. The summed E-state index contributed by atoms with van der Waals surface area (Å²) < 4.78 is 67.7. The SMILES string of the molecule is C[C@]12CC[C@H]3[C@@H](C(O)CC4C(=O)C(=O)CC[C@@H]43)[C@@H]1CCC2C(F)(F)C(F)(F)F. The first kappa shape index (κ1) is 20.2. The summed E-state index contributed by atoms with van der Waals surface area (Å²) in [6.07, 6.45) is -5.05. The van der Waals surface area contributed by atoms with Crippen molar-refractivity contribution >= 4 is 11.6 Å². The van der Waals surface area contributed by atoms with E-state index in [2.05, 4.69) is 0 Å². The van der Waals surface area contributed by atoms with Gasteiger partial charge >= 0.3 is 12.1 Å². The van der Waals surface area contributed by atoms with Crippen molar-refractivity contribution in [2.75, 3.05) is 0 Å². The third-order valence-corrected chi connectivity index (χ3v) is 8.52. The molecule has 4 aliphatic carbocycles. The molecule has 4 saturated carbocycles. The Kier molecular flexibility index (Phi) is 4.50. The lowest BCUT2D eigenvalue weighted by Crippen LogP contribution is -2.58. The number of hydrogen-bond donors (Lipinski definition) is 1. The second kappa shape index (κ2) is 6.22. The molecule has 4 rings (SSSR count). The van der Waals surface area contributed by atoms with E-state index in [-0.39, 0.29) is 49.9 Å². The second-order valence-electron chi connectivity index (χ2n) is 9.54. The molecule has 1 N–H and O–H groups in total. The Morgan fingerprint density at radius 1 is 1.00 bits per heavy atom. The quantitative estimate of drug-likeness (QED) is 0.523. The molecule has 3 nitrogen and oxygen atoms in total. The zero-order valence-corrected chi connectivity index (χ0v) is 15.6. The number of carbonyl (C=O) groups excluding carboxylic acids is 2. The van der Waals surface area contributed by atoms with Crippen LogP contribution >= 0.6 is 0 Å². The van der Waals surface area contributed by atoms with Crippen LogP contribution < -0.4 is 0 Å². The van der Waals surface area contributed by atoms with E-state index in [1.807, 2.05) is 0 Å². The first-order valence-electron chi connectivity index (χ1n) is 10.1. The molecule has 8 atom stereocenters. The Bertz CT molecular complexity index is 690. The number of Topliss-reactive ketones (excluding diaryl/α,β-unsaturated/α-hetero) is 2. The van der Waals surface area contributed by atoms with Crippen LogP contribution in [0.15, 0.2) is 0 Å². The Hall–Kier alpha value is -1.05. The van der Waals surface area contributed by atoms with Gasteiger partial charge in [0, 0.05) is 18.3 Å². The highest BCUT2D eigenvalue weighted by molar-refractivity contribution is 6.38. The van der Waals surface area contributed by atoms with Gasteiger partial charge in [-0.15, -0.1) is 0 Å². The highest BCUT2D eigenvalue weighted by Gasteiger charge is 2.71. The molecule has 28 heavy (non-hydrogen) atoms. The molecule has 4 fully saturated rings. The monoisotopic (exact) mass is 408 g/mol. The lowest BCUT2D eigenvalue weighted by Gasteiger charge is -2.57. The van der Waals surface area contributed by atoms with E-state index in [1.165, 1.54) is 6.92 Å². The molecule has 0 spiro atoms. The van der Waals surface area contributed by atoms with Gasteiger partial charge in [-0.1, -0.05) is 6.92 Å². The number of hydrogen-bond acceptors (Lipinski definition) is 3. The van der Waals surface area contributed by atoms with E-state index in [0.29, 0.717) is 12.8 Å². The number of ketones is 2. The maximum absolute atomic E-state index is 14.3. The predicted octanol–water partition coefficient (Wildman–Crippen LogP) is 4.17. The van der Waals surface area contributed by atoms with Crippen molar-refractivity contribution in [2.45, 2.75) is 70.1 Å². The van der Waals surface area contributed by atoms with Crippen LogP contribution in [0.5, 0.6) is 0 Å². The van der Waals surface area contributed by atoms with Crippen LogP contribution in [0.1, 0.15) is 51.9 Å². The maximum Gasteiger partial charge on any atom is 0.453 e. The summed E-state index contributed by atoms with van der Waals surface area (Å²) in [5, 5.41) is 10.8. The van der Waals surface area contributed by atoms with Crippen LogP contribution in [-0.4, -0.2) is 34.9 Å². The minimum Gasteiger partial charge on any atom is -0.393 e. The third kappa shape index (κ3) is 2.62. The number of aliphatic hydroxyl groups is 1. The molecule has 3 unspecified atom stereocenters. The van der Waals surface area contributed by atoms with E-state index < -0.39 is 52.9 Å². The van der Waals surface area contributed by atoms with Crippen molar-refractivity contribution in [3.8, 4) is 0 Å². The van der Waals surface area contributed by atoms with Gasteiger partial charge in [-0.2, -0.15) is 22.0 Å². The molecule has 8 heteroatoms. The van der Waals surface area contributed by atoms with Gasteiger partial charge in [-0.3, -0.25) is 9.59 Å². The molecule has 0 bridgehead atoms. The van der Waals surface area contributed by atoms with Gasteiger partial charge in [-0.05, 0) is 67.6 Å². The molecular weight excluding hydrogens is 383 g/mol. The highest BCUT2D eigenvalue weighted by Crippen LogP contribution is 2.67. The Morgan fingerprint density at radius 3 is 2.32 bits per heavy atom. The van der Waals surface area contributed by atoms with E-state index in [9.17, 15) is 36.6 Å². The fourth-order valence-corrected chi connectivity index (χ4v) is 7.31. The summed E-state index contributed by atoms with van der Waals surface area (Å²) in [4.78, 5) is 24.1. The number of carbonyl (C=O) groups is 2. The van der Waals surface area contributed by atoms with Crippen LogP contribution in [-0.2, 0) is 9.59 Å². The summed E-state index contributed by atoms with van der Waals surface area (Å²) in [6, 6.07) is 0. The standard InChI is InChI=1S/C20H25F5O3/c1-18-7-6-10-9-2-4-13(26)17(28)11(9)8-14(27)16(10)12(18)3-5-15(18)19(21,22)20(23,24)25/h9-12,14-16,27H,2-8H2,1H3/t9-,10-,11?,12+,14?,15?,16-,18+/m1/s1. The average Bonchev–Trinajstić information content (AvgIpc) is 2.95. The summed E-state index contributed by atoms with van der Waals surface area (Å²) in [7, 11) is 0. The number of alkyl halides is 5. The summed E-state index contributed by atoms with van der Waals surface area (Å²) in [5.74, 6) is -8.91. The Morgan fingerprint density at radius 2 is 1.68 bits per heavy atom. The van der Waals surface area contributed by atoms with Gasteiger partial charge in [-0.25, -0.2) is 0 Å². The molecule has 4 aliphatic rings. The molecule has 0 radical (unpaired) electrons. The molecule has 0 heterocycles. The van der Waals surface area contributed by atoms with Crippen LogP contribution in [0.25, 0.3) is 0 Å². The number of rotatable bonds is 1. The minimum absolute atomic E-state index is 0.0784. The van der Waals surface area contributed by atoms with Crippen LogP contribution in [0.4, 0.5) is 22.0 Å². The Balaban J connectivity index is 1.64. The predicted molar refractivity (Wildman–Crippen MR) is 88.4 cm³/mol. The normalized spacial score (nSPS) is 46.8. The molecular formula is C20H25F5O3. The maximum atomic E-state index is 14.3. The van der Waals surface area contributed by atoms with Gasteiger partial charge in [0.2, 0.25) is 5.78 Å². The van der Waals surface area contributed by atoms with Crippen molar-refractivity contribution in [1.82, 2.24) is 0 Å². The largest absolute Gasteiger partial charge is 0.453 e. The van der Waals surface area contributed by atoms with Crippen molar-refractivity contribution in [3.63, 3.8) is 0 Å². The molecule has 0 aromatic rings. The van der Waals surface area contributed by atoms with Crippen molar-refractivity contribution in [1.29, 1.82) is 0 Å². The van der Waals surface area contributed by atoms with Crippen LogP contribution in [0.3, 0.4) is 0 Å². The van der Waals surface area contributed by atoms with Crippen LogP contribution in [0, 0.1) is 40.9 Å². The lowest BCUT2D eigenvalue weighted by molar-refractivity contribution is -0.316. The van der Waals surface area contributed by atoms with Gasteiger partial charge in [0.05, 0.1) is 6.10 Å². The van der Waals surface area contributed by atoms with E-state index in [0.717, 1.165) is 0 Å². The third-order valence-electron chi connectivity index (χ3n) is 8.52. The fourth-order valence-electron chi connectivity index (χ4n) is 7.31. The number of fused-ring (bicyclic) bond motifs is 5. The van der Waals surface area contributed by atoms with E-state index in [4.69, 9.17) is 0 Å². The van der Waals surface area contributed by atoms with Gasteiger partial charge in [0.1, 0.15) is 0 Å². The van der Waals surface area contributed by atoms with Crippen molar-refractivity contribution in [2.24, 2.45) is 40.9 Å².